The van der Waals surface area contributed by atoms with Gasteiger partial charge in [0.15, 0.2) is 0 Å². The molecule has 0 heterocycles. The van der Waals surface area contributed by atoms with Crippen LogP contribution >= 0.6 is 11.6 Å². The van der Waals surface area contributed by atoms with E-state index in [4.69, 9.17) is 11.6 Å². The van der Waals surface area contributed by atoms with Crippen molar-refractivity contribution < 1.29 is 14.3 Å². The summed E-state index contributed by atoms with van der Waals surface area (Å²) in [4.78, 5) is 25.3. The molecule has 0 saturated heterocycles. The molecule has 1 N–H and O–H groups in total. The summed E-state index contributed by atoms with van der Waals surface area (Å²) in [6.45, 7) is 7.96. The highest BCUT2D eigenvalue weighted by Gasteiger charge is 2.21. The fourth-order valence-electron chi connectivity index (χ4n) is 2.27. The minimum Gasteiger partial charge on any atom is -0.459 e. The fourth-order valence-corrected chi connectivity index (χ4v) is 2.39. The summed E-state index contributed by atoms with van der Waals surface area (Å²) in [5.41, 5.74) is 1.04. The van der Waals surface area contributed by atoms with Gasteiger partial charge in [-0.25, -0.2) is 4.79 Å². The number of rotatable bonds is 7. The van der Waals surface area contributed by atoms with E-state index >= 15 is 0 Å². The van der Waals surface area contributed by atoms with Crippen molar-refractivity contribution in [2.75, 3.05) is 26.2 Å². The number of ether oxygens (including phenoxy) is 1. The summed E-state index contributed by atoms with van der Waals surface area (Å²) in [7, 11) is 0. The summed E-state index contributed by atoms with van der Waals surface area (Å²) in [5, 5.41) is 3.31. The molecule has 0 aromatic heterocycles. The summed E-state index contributed by atoms with van der Waals surface area (Å²) < 4.78 is 4.69. The first-order chi connectivity index (χ1) is 10.5. The number of halogens is 1. The van der Waals surface area contributed by atoms with Crippen molar-refractivity contribution in [1.29, 1.82) is 0 Å². The van der Waals surface area contributed by atoms with Crippen molar-refractivity contribution in [1.82, 2.24) is 10.2 Å². The SMILES string of the molecule is CCOC(=O)C(=O)NCC(c1ccc(Cl)cc1)N(CC)CC. The first-order valence-corrected chi connectivity index (χ1v) is 7.85. The molecular weight excluding hydrogens is 304 g/mol. The van der Waals surface area contributed by atoms with Crippen molar-refractivity contribution in [3.05, 3.63) is 34.9 Å². The maximum absolute atomic E-state index is 11.7. The van der Waals surface area contributed by atoms with Crippen LogP contribution in [-0.2, 0) is 14.3 Å². The Morgan fingerprint density at radius 3 is 2.27 bits per heavy atom. The minimum atomic E-state index is -0.850. The second-order valence-corrected chi connectivity index (χ2v) is 5.16. The van der Waals surface area contributed by atoms with Gasteiger partial charge in [-0.15, -0.1) is 0 Å². The van der Waals surface area contributed by atoms with Crippen molar-refractivity contribution >= 4 is 23.5 Å². The van der Waals surface area contributed by atoms with Crippen LogP contribution in [0.3, 0.4) is 0 Å². The molecule has 0 saturated carbocycles. The third-order valence-electron chi connectivity index (χ3n) is 3.42. The van der Waals surface area contributed by atoms with Gasteiger partial charge in [0.2, 0.25) is 0 Å². The average molecular weight is 327 g/mol. The molecule has 0 aliphatic rings. The topological polar surface area (TPSA) is 58.6 Å². The van der Waals surface area contributed by atoms with Crippen LogP contribution in [0.25, 0.3) is 0 Å². The molecular formula is C16H23ClN2O3. The minimum absolute atomic E-state index is 0.0226. The smallest absolute Gasteiger partial charge is 0.396 e. The van der Waals surface area contributed by atoms with Gasteiger partial charge in [-0.05, 0) is 37.7 Å². The molecule has 22 heavy (non-hydrogen) atoms. The molecule has 1 unspecified atom stereocenters. The summed E-state index contributed by atoms with van der Waals surface area (Å²) in [5.74, 6) is -1.56. The number of carbonyl (C=O) groups excluding carboxylic acids is 2. The molecule has 1 aromatic rings. The normalized spacial score (nSPS) is 12.0. The van der Waals surface area contributed by atoms with Gasteiger partial charge in [0, 0.05) is 11.6 Å². The van der Waals surface area contributed by atoms with Gasteiger partial charge < -0.3 is 10.1 Å². The van der Waals surface area contributed by atoms with E-state index in [-0.39, 0.29) is 12.6 Å². The monoisotopic (exact) mass is 326 g/mol. The van der Waals surface area contributed by atoms with Gasteiger partial charge in [0.1, 0.15) is 0 Å². The first-order valence-electron chi connectivity index (χ1n) is 7.47. The molecule has 6 heteroatoms. The maximum Gasteiger partial charge on any atom is 0.396 e. The van der Waals surface area contributed by atoms with E-state index in [0.29, 0.717) is 11.6 Å². The van der Waals surface area contributed by atoms with E-state index in [2.05, 4.69) is 28.8 Å². The number of nitrogens with zero attached hydrogens (tertiary/aromatic N) is 1. The van der Waals surface area contributed by atoms with Gasteiger partial charge in [0.05, 0.1) is 12.6 Å². The van der Waals surface area contributed by atoms with Crippen molar-refractivity contribution in [2.45, 2.75) is 26.8 Å². The van der Waals surface area contributed by atoms with Gasteiger partial charge in [-0.3, -0.25) is 9.69 Å². The van der Waals surface area contributed by atoms with Crippen molar-refractivity contribution in [3.63, 3.8) is 0 Å². The average Bonchev–Trinajstić information content (AvgIpc) is 2.52. The zero-order valence-electron chi connectivity index (χ0n) is 13.3. The van der Waals surface area contributed by atoms with Crippen molar-refractivity contribution in [3.8, 4) is 0 Å². The van der Waals surface area contributed by atoms with Crippen LogP contribution in [0.15, 0.2) is 24.3 Å². The molecule has 0 fully saturated rings. The Morgan fingerprint density at radius 2 is 1.77 bits per heavy atom. The summed E-state index contributed by atoms with van der Waals surface area (Å²) >= 11 is 5.92. The third kappa shape index (κ3) is 5.31. The molecule has 1 aromatic carbocycles. The molecule has 1 atom stereocenters. The number of amides is 1. The van der Waals surface area contributed by atoms with E-state index in [1.54, 1.807) is 6.92 Å². The molecule has 0 aliphatic carbocycles. The Hall–Kier alpha value is -1.59. The molecule has 0 spiro atoms. The Kier molecular flexibility index (Phi) is 7.91. The van der Waals surface area contributed by atoms with Gasteiger partial charge in [0.25, 0.3) is 0 Å². The van der Waals surface area contributed by atoms with E-state index in [1.165, 1.54) is 0 Å². The van der Waals surface area contributed by atoms with Crippen LogP contribution in [-0.4, -0.2) is 43.0 Å². The highest BCUT2D eigenvalue weighted by Crippen LogP contribution is 2.21. The predicted octanol–water partition coefficient (Wildman–Crippen LogP) is 2.40. The van der Waals surface area contributed by atoms with Crippen LogP contribution in [0.1, 0.15) is 32.4 Å². The Balaban J connectivity index is 2.81. The molecule has 5 nitrogen and oxygen atoms in total. The molecule has 1 amide bonds. The maximum atomic E-state index is 11.7. The van der Waals surface area contributed by atoms with Gasteiger partial charge in [-0.2, -0.15) is 0 Å². The summed E-state index contributed by atoms with van der Waals surface area (Å²) in [6, 6.07) is 7.48. The number of nitrogens with one attached hydrogen (secondary N) is 1. The lowest BCUT2D eigenvalue weighted by atomic mass is 10.1. The largest absolute Gasteiger partial charge is 0.459 e. The van der Waals surface area contributed by atoms with Crippen LogP contribution in [0.4, 0.5) is 0 Å². The third-order valence-corrected chi connectivity index (χ3v) is 3.68. The molecule has 0 bridgehead atoms. The molecule has 1 rings (SSSR count). The van der Waals surface area contributed by atoms with E-state index < -0.39 is 11.9 Å². The number of hydrogen-bond donors (Lipinski definition) is 1. The number of benzene rings is 1. The number of likely N-dealkylation sites (N-methyl/N-ethyl adjacent to an activating group) is 1. The van der Waals surface area contributed by atoms with E-state index in [1.807, 2.05) is 24.3 Å². The lowest BCUT2D eigenvalue weighted by Gasteiger charge is -2.30. The predicted molar refractivity (Wildman–Crippen MR) is 86.8 cm³/mol. The number of hydrogen-bond acceptors (Lipinski definition) is 4. The fraction of sp³-hybridized carbons (Fsp3) is 0.500. The van der Waals surface area contributed by atoms with Crippen LogP contribution in [0.5, 0.6) is 0 Å². The van der Waals surface area contributed by atoms with Gasteiger partial charge in [-0.1, -0.05) is 37.6 Å². The van der Waals surface area contributed by atoms with Crippen LogP contribution < -0.4 is 5.32 Å². The Labute approximate surface area is 136 Å². The standard InChI is InChI=1S/C16H23ClN2O3/c1-4-19(5-2)14(12-7-9-13(17)10-8-12)11-18-15(20)16(21)22-6-3/h7-10,14H,4-6,11H2,1-3H3,(H,18,20). The lowest BCUT2D eigenvalue weighted by Crippen LogP contribution is -2.40. The Bertz CT molecular complexity index is 487. The van der Waals surface area contributed by atoms with Crippen LogP contribution in [0.2, 0.25) is 5.02 Å². The van der Waals surface area contributed by atoms with Crippen LogP contribution in [0, 0.1) is 0 Å². The number of carbonyl (C=O) groups is 2. The molecule has 122 valence electrons. The zero-order chi connectivity index (χ0) is 16.5. The number of esters is 1. The lowest BCUT2D eigenvalue weighted by molar-refractivity contribution is -0.154. The summed E-state index contributed by atoms with van der Waals surface area (Å²) in [6.07, 6.45) is 0. The van der Waals surface area contributed by atoms with Gasteiger partial charge >= 0.3 is 11.9 Å². The highest BCUT2D eigenvalue weighted by molar-refractivity contribution is 6.32. The zero-order valence-corrected chi connectivity index (χ0v) is 14.0. The molecule has 0 aliphatic heterocycles. The quantitative estimate of drug-likeness (QED) is 0.617. The highest BCUT2D eigenvalue weighted by atomic mass is 35.5. The second-order valence-electron chi connectivity index (χ2n) is 4.72. The second kappa shape index (κ2) is 9.43. The van der Waals surface area contributed by atoms with E-state index in [0.717, 1.165) is 18.7 Å². The Morgan fingerprint density at radius 1 is 1.18 bits per heavy atom. The first kappa shape index (κ1) is 18.5. The van der Waals surface area contributed by atoms with Crippen molar-refractivity contribution in [2.24, 2.45) is 0 Å². The van der Waals surface area contributed by atoms with E-state index in [9.17, 15) is 9.59 Å². The molecule has 0 radical (unpaired) electrons.